The van der Waals surface area contributed by atoms with Gasteiger partial charge in [0, 0.05) is 12.2 Å². The molecule has 0 saturated carbocycles. The Balaban J connectivity index is 1.79. The molecule has 0 bridgehead atoms. The van der Waals surface area contributed by atoms with Crippen LogP contribution in [0.2, 0.25) is 0 Å². The van der Waals surface area contributed by atoms with Crippen molar-refractivity contribution < 1.29 is 0 Å². The lowest BCUT2D eigenvalue weighted by Gasteiger charge is -2.19. The van der Waals surface area contributed by atoms with Gasteiger partial charge in [-0.05, 0) is 85.2 Å². The predicted octanol–water partition coefficient (Wildman–Crippen LogP) is 7.50. The smallest absolute Gasteiger partial charge is 0.0413 e. The summed E-state index contributed by atoms with van der Waals surface area (Å²) in [5.74, 6) is 0. The summed E-state index contributed by atoms with van der Waals surface area (Å²) >= 11 is 0. The highest BCUT2D eigenvalue weighted by molar-refractivity contribution is 5.92. The van der Waals surface area contributed by atoms with E-state index in [9.17, 15) is 0 Å². The van der Waals surface area contributed by atoms with E-state index in [1.54, 1.807) is 0 Å². The first kappa shape index (κ1) is 18.6. The van der Waals surface area contributed by atoms with E-state index < -0.39 is 0 Å². The van der Waals surface area contributed by atoms with Crippen LogP contribution < -0.4 is 5.32 Å². The molecular formula is C27H29N. The molecule has 142 valence electrons. The number of nitrogens with one attached hydrogen (secondary N) is 1. The van der Waals surface area contributed by atoms with Crippen molar-refractivity contribution in [3.05, 3.63) is 93.6 Å². The van der Waals surface area contributed by atoms with Crippen LogP contribution in [0.3, 0.4) is 0 Å². The number of anilines is 1. The standard InChI is InChI=1S/C27H29N/c1-17-13-20(4)27(21(5)14-17)28-16-26-23-9-7-6-8-22(23)10-11-24(26)25-15-18(2)12-19(25)3/h6-14,28H,15-16H2,1-5H3. The molecule has 0 unspecified atom stereocenters. The van der Waals surface area contributed by atoms with Crippen molar-refractivity contribution >= 4 is 22.0 Å². The lowest BCUT2D eigenvalue weighted by molar-refractivity contribution is 1.12. The van der Waals surface area contributed by atoms with Crippen LogP contribution in [0.5, 0.6) is 0 Å². The summed E-state index contributed by atoms with van der Waals surface area (Å²) < 4.78 is 0. The molecule has 0 radical (unpaired) electrons. The fourth-order valence-corrected chi connectivity index (χ4v) is 4.68. The average Bonchev–Trinajstić information content (AvgIpc) is 2.98. The highest BCUT2D eigenvalue weighted by Crippen LogP contribution is 2.37. The topological polar surface area (TPSA) is 12.0 Å². The van der Waals surface area contributed by atoms with Crippen LogP contribution in [-0.4, -0.2) is 0 Å². The number of fused-ring (bicyclic) bond motifs is 1. The van der Waals surface area contributed by atoms with Gasteiger partial charge in [-0.15, -0.1) is 0 Å². The number of rotatable bonds is 4. The summed E-state index contributed by atoms with van der Waals surface area (Å²) in [7, 11) is 0. The third-order valence-corrected chi connectivity index (χ3v) is 5.88. The molecule has 0 aliphatic heterocycles. The second kappa shape index (κ2) is 7.31. The lowest BCUT2D eigenvalue weighted by Crippen LogP contribution is -2.07. The predicted molar refractivity (Wildman–Crippen MR) is 123 cm³/mol. The van der Waals surface area contributed by atoms with E-state index in [1.165, 1.54) is 61.0 Å². The third-order valence-electron chi connectivity index (χ3n) is 5.88. The van der Waals surface area contributed by atoms with Crippen molar-refractivity contribution in [2.45, 2.75) is 47.6 Å². The maximum Gasteiger partial charge on any atom is 0.0413 e. The minimum Gasteiger partial charge on any atom is -0.380 e. The average molecular weight is 368 g/mol. The summed E-state index contributed by atoms with van der Waals surface area (Å²) in [5, 5.41) is 6.42. The minimum absolute atomic E-state index is 0.831. The van der Waals surface area contributed by atoms with E-state index in [0.717, 1.165) is 13.0 Å². The molecule has 0 amide bonds. The van der Waals surface area contributed by atoms with Gasteiger partial charge in [-0.1, -0.05) is 65.7 Å². The van der Waals surface area contributed by atoms with Crippen molar-refractivity contribution in [3.63, 3.8) is 0 Å². The maximum absolute atomic E-state index is 3.77. The quantitative estimate of drug-likeness (QED) is 0.503. The normalized spacial score (nSPS) is 14.0. The van der Waals surface area contributed by atoms with Crippen molar-refractivity contribution in [1.82, 2.24) is 0 Å². The molecule has 3 aromatic rings. The molecule has 0 spiro atoms. The summed E-state index contributed by atoms with van der Waals surface area (Å²) in [6.45, 7) is 11.9. The van der Waals surface area contributed by atoms with Crippen molar-refractivity contribution in [3.8, 4) is 0 Å². The van der Waals surface area contributed by atoms with Gasteiger partial charge < -0.3 is 5.32 Å². The van der Waals surface area contributed by atoms with Gasteiger partial charge >= 0.3 is 0 Å². The van der Waals surface area contributed by atoms with Crippen molar-refractivity contribution in [2.75, 3.05) is 5.32 Å². The number of hydrogen-bond donors (Lipinski definition) is 1. The van der Waals surface area contributed by atoms with Gasteiger partial charge in [0.1, 0.15) is 0 Å². The van der Waals surface area contributed by atoms with Gasteiger partial charge in [0.15, 0.2) is 0 Å². The van der Waals surface area contributed by atoms with Gasteiger partial charge in [0.25, 0.3) is 0 Å². The van der Waals surface area contributed by atoms with Gasteiger partial charge in [-0.2, -0.15) is 0 Å². The van der Waals surface area contributed by atoms with Crippen molar-refractivity contribution in [1.29, 1.82) is 0 Å². The molecule has 1 aliphatic carbocycles. The van der Waals surface area contributed by atoms with Crippen LogP contribution in [0.25, 0.3) is 16.3 Å². The minimum atomic E-state index is 0.831. The van der Waals surface area contributed by atoms with Crippen LogP contribution in [-0.2, 0) is 6.54 Å². The number of hydrogen-bond acceptors (Lipinski definition) is 1. The first-order valence-electron chi connectivity index (χ1n) is 10.1. The monoisotopic (exact) mass is 367 g/mol. The SMILES string of the molecule is CC1=CC(C)=C(c2ccc3ccccc3c2CNc2c(C)cc(C)cc2C)C1. The van der Waals surface area contributed by atoms with Crippen LogP contribution in [0.4, 0.5) is 5.69 Å². The summed E-state index contributed by atoms with van der Waals surface area (Å²) in [5.41, 5.74) is 12.3. The van der Waals surface area contributed by atoms with E-state index >= 15 is 0 Å². The summed E-state index contributed by atoms with van der Waals surface area (Å²) in [6.07, 6.45) is 3.38. The molecule has 28 heavy (non-hydrogen) atoms. The highest BCUT2D eigenvalue weighted by Gasteiger charge is 2.17. The molecule has 1 heteroatoms. The maximum atomic E-state index is 3.77. The molecule has 1 nitrogen and oxygen atoms in total. The Morgan fingerprint density at radius 2 is 1.57 bits per heavy atom. The molecular weight excluding hydrogens is 338 g/mol. The van der Waals surface area contributed by atoms with Crippen LogP contribution >= 0.6 is 0 Å². The Hall–Kier alpha value is -2.80. The number of benzene rings is 3. The van der Waals surface area contributed by atoms with E-state index in [2.05, 4.69) is 94.5 Å². The Morgan fingerprint density at radius 1 is 0.857 bits per heavy atom. The number of allylic oxidation sites excluding steroid dienone is 4. The third kappa shape index (κ3) is 3.38. The fraction of sp³-hybridized carbons (Fsp3) is 0.259. The van der Waals surface area contributed by atoms with Gasteiger partial charge in [0.2, 0.25) is 0 Å². The van der Waals surface area contributed by atoms with Crippen molar-refractivity contribution in [2.24, 2.45) is 0 Å². The summed E-state index contributed by atoms with van der Waals surface area (Å²) in [4.78, 5) is 0. The molecule has 0 heterocycles. The molecule has 0 fully saturated rings. The second-order valence-electron chi connectivity index (χ2n) is 8.27. The Kier molecular flexibility index (Phi) is 4.85. The molecule has 0 atom stereocenters. The molecule has 3 aromatic carbocycles. The zero-order valence-electron chi connectivity index (χ0n) is 17.6. The second-order valence-corrected chi connectivity index (χ2v) is 8.27. The zero-order valence-corrected chi connectivity index (χ0v) is 17.6. The molecule has 0 aromatic heterocycles. The van der Waals surface area contributed by atoms with Crippen LogP contribution in [0.15, 0.2) is 65.8 Å². The van der Waals surface area contributed by atoms with Gasteiger partial charge in [-0.25, -0.2) is 0 Å². The molecule has 1 aliphatic rings. The Labute approximate surface area is 168 Å². The van der Waals surface area contributed by atoms with Gasteiger partial charge in [0.05, 0.1) is 0 Å². The highest BCUT2D eigenvalue weighted by atomic mass is 14.9. The van der Waals surface area contributed by atoms with E-state index in [4.69, 9.17) is 0 Å². The fourth-order valence-electron chi connectivity index (χ4n) is 4.68. The Bertz CT molecular complexity index is 1110. The van der Waals surface area contributed by atoms with Crippen LogP contribution in [0, 0.1) is 20.8 Å². The molecule has 1 N–H and O–H groups in total. The lowest BCUT2D eigenvalue weighted by atomic mass is 9.91. The van der Waals surface area contributed by atoms with E-state index in [-0.39, 0.29) is 0 Å². The molecule has 4 rings (SSSR count). The zero-order chi connectivity index (χ0) is 19.8. The van der Waals surface area contributed by atoms with Crippen LogP contribution in [0.1, 0.15) is 48.1 Å². The van der Waals surface area contributed by atoms with Gasteiger partial charge in [-0.3, -0.25) is 0 Å². The van der Waals surface area contributed by atoms with E-state index in [1.807, 2.05) is 0 Å². The first-order chi connectivity index (χ1) is 13.4. The Morgan fingerprint density at radius 3 is 2.25 bits per heavy atom. The largest absolute Gasteiger partial charge is 0.380 e. The first-order valence-corrected chi connectivity index (χ1v) is 10.1. The summed E-state index contributed by atoms with van der Waals surface area (Å²) in [6, 6.07) is 17.9. The number of aryl methyl sites for hydroxylation is 3. The van der Waals surface area contributed by atoms with E-state index in [0.29, 0.717) is 0 Å². The molecule has 0 saturated heterocycles.